The molecule has 0 saturated carbocycles. The Kier molecular flexibility index (Phi) is 2.49. The predicted molar refractivity (Wildman–Crippen MR) is 44.3 cm³/mol. The van der Waals surface area contributed by atoms with Crippen LogP contribution in [0.3, 0.4) is 0 Å². The van der Waals surface area contributed by atoms with E-state index in [2.05, 4.69) is 10.6 Å². The molecule has 1 saturated heterocycles. The van der Waals surface area contributed by atoms with Gasteiger partial charge < -0.3 is 10.6 Å². The first kappa shape index (κ1) is 8.53. The molecule has 1 atom stereocenters. The van der Waals surface area contributed by atoms with E-state index in [0.29, 0.717) is 0 Å². The van der Waals surface area contributed by atoms with Crippen molar-refractivity contribution in [1.29, 1.82) is 0 Å². The van der Waals surface area contributed by atoms with E-state index >= 15 is 0 Å². The van der Waals surface area contributed by atoms with Gasteiger partial charge in [-0.25, -0.2) is 0 Å². The fourth-order valence-corrected chi connectivity index (χ4v) is 1.70. The van der Waals surface area contributed by atoms with Gasteiger partial charge in [-0.05, 0) is 25.8 Å². The van der Waals surface area contributed by atoms with Gasteiger partial charge in [0.1, 0.15) is 0 Å². The zero-order valence-electron chi connectivity index (χ0n) is 7.24. The molecule has 1 aliphatic heterocycles. The second-order valence-corrected chi connectivity index (χ2v) is 3.05. The van der Waals surface area contributed by atoms with Crippen molar-refractivity contribution in [2.45, 2.75) is 31.7 Å². The Balaban J connectivity index is 2.66. The SMILES string of the molecule is CCC1(C(=O)NC)CCCN1. The molecule has 3 nitrogen and oxygen atoms in total. The minimum absolute atomic E-state index is 0.137. The molecule has 11 heavy (non-hydrogen) atoms. The van der Waals surface area contributed by atoms with E-state index in [9.17, 15) is 4.79 Å². The number of hydrogen-bond donors (Lipinski definition) is 2. The van der Waals surface area contributed by atoms with Crippen molar-refractivity contribution in [2.75, 3.05) is 13.6 Å². The third-order valence-corrected chi connectivity index (χ3v) is 2.51. The first-order chi connectivity index (χ1) is 5.25. The maximum Gasteiger partial charge on any atom is 0.240 e. The van der Waals surface area contributed by atoms with Gasteiger partial charge in [-0.3, -0.25) is 4.79 Å². The van der Waals surface area contributed by atoms with Crippen LogP contribution in [-0.4, -0.2) is 25.0 Å². The predicted octanol–water partition coefficient (Wildman–Crippen LogP) is 0.265. The van der Waals surface area contributed by atoms with Crippen molar-refractivity contribution in [3.8, 4) is 0 Å². The Morgan fingerprint density at radius 3 is 2.82 bits per heavy atom. The van der Waals surface area contributed by atoms with Gasteiger partial charge in [0.2, 0.25) is 5.91 Å². The van der Waals surface area contributed by atoms with Gasteiger partial charge in [-0.15, -0.1) is 0 Å². The highest BCUT2D eigenvalue weighted by Gasteiger charge is 2.38. The zero-order chi connectivity index (χ0) is 8.32. The van der Waals surface area contributed by atoms with E-state index in [4.69, 9.17) is 0 Å². The van der Waals surface area contributed by atoms with Gasteiger partial charge in [0.25, 0.3) is 0 Å². The second kappa shape index (κ2) is 3.22. The fourth-order valence-electron chi connectivity index (χ4n) is 1.70. The molecule has 64 valence electrons. The first-order valence-corrected chi connectivity index (χ1v) is 4.22. The van der Waals surface area contributed by atoms with Crippen molar-refractivity contribution in [1.82, 2.24) is 10.6 Å². The fraction of sp³-hybridized carbons (Fsp3) is 0.875. The Bertz CT molecular complexity index is 150. The van der Waals surface area contributed by atoms with Crippen molar-refractivity contribution in [3.05, 3.63) is 0 Å². The van der Waals surface area contributed by atoms with Crippen molar-refractivity contribution >= 4 is 5.91 Å². The number of rotatable bonds is 2. The number of hydrogen-bond acceptors (Lipinski definition) is 2. The molecule has 1 unspecified atom stereocenters. The highest BCUT2D eigenvalue weighted by atomic mass is 16.2. The average molecular weight is 156 g/mol. The summed E-state index contributed by atoms with van der Waals surface area (Å²) in [4.78, 5) is 11.4. The molecule has 0 aromatic carbocycles. The molecule has 0 spiro atoms. The van der Waals surface area contributed by atoms with Crippen LogP contribution < -0.4 is 10.6 Å². The number of carbonyl (C=O) groups is 1. The molecule has 0 aromatic heterocycles. The number of likely N-dealkylation sites (N-methyl/N-ethyl adjacent to an activating group) is 1. The van der Waals surface area contributed by atoms with Gasteiger partial charge in [-0.1, -0.05) is 6.92 Å². The van der Waals surface area contributed by atoms with Crippen LogP contribution in [-0.2, 0) is 4.79 Å². The molecule has 1 heterocycles. The Labute approximate surface area is 67.5 Å². The topological polar surface area (TPSA) is 41.1 Å². The molecule has 0 aromatic rings. The number of carbonyl (C=O) groups excluding carboxylic acids is 1. The summed E-state index contributed by atoms with van der Waals surface area (Å²) >= 11 is 0. The normalized spacial score (nSPS) is 30.4. The van der Waals surface area contributed by atoms with Crippen molar-refractivity contribution in [3.63, 3.8) is 0 Å². The molecule has 1 rings (SSSR count). The highest BCUT2D eigenvalue weighted by Crippen LogP contribution is 2.22. The molecule has 0 bridgehead atoms. The minimum atomic E-state index is -0.255. The van der Waals surface area contributed by atoms with Crippen LogP contribution in [0, 0.1) is 0 Å². The van der Waals surface area contributed by atoms with Gasteiger partial charge in [0.15, 0.2) is 0 Å². The smallest absolute Gasteiger partial charge is 0.240 e. The monoisotopic (exact) mass is 156 g/mol. The van der Waals surface area contributed by atoms with Gasteiger partial charge in [0, 0.05) is 7.05 Å². The van der Waals surface area contributed by atoms with E-state index in [1.807, 2.05) is 6.92 Å². The summed E-state index contributed by atoms with van der Waals surface area (Å²) in [5.41, 5.74) is -0.255. The van der Waals surface area contributed by atoms with Crippen LogP contribution >= 0.6 is 0 Å². The van der Waals surface area contributed by atoms with Gasteiger partial charge in [-0.2, -0.15) is 0 Å². The maximum atomic E-state index is 11.4. The van der Waals surface area contributed by atoms with Crippen LogP contribution in [0.15, 0.2) is 0 Å². The van der Waals surface area contributed by atoms with E-state index < -0.39 is 0 Å². The average Bonchev–Trinajstić information content (AvgIpc) is 2.52. The Hall–Kier alpha value is -0.570. The molecule has 0 aliphatic carbocycles. The summed E-state index contributed by atoms with van der Waals surface area (Å²) in [6.45, 7) is 3.02. The van der Waals surface area contributed by atoms with Crippen LogP contribution in [0.4, 0.5) is 0 Å². The summed E-state index contributed by atoms with van der Waals surface area (Å²) in [7, 11) is 1.69. The van der Waals surface area contributed by atoms with Crippen molar-refractivity contribution in [2.24, 2.45) is 0 Å². The van der Waals surface area contributed by atoms with E-state index in [1.54, 1.807) is 7.05 Å². The summed E-state index contributed by atoms with van der Waals surface area (Å²) in [5.74, 6) is 0.137. The molecule has 1 aliphatic rings. The minimum Gasteiger partial charge on any atom is -0.358 e. The Morgan fingerprint density at radius 1 is 1.73 bits per heavy atom. The standard InChI is InChI=1S/C8H16N2O/c1-3-8(7(11)9-2)5-4-6-10-8/h10H,3-6H2,1-2H3,(H,9,11). The van der Waals surface area contributed by atoms with Gasteiger partial charge >= 0.3 is 0 Å². The molecular weight excluding hydrogens is 140 g/mol. The summed E-state index contributed by atoms with van der Waals surface area (Å²) < 4.78 is 0. The lowest BCUT2D eigenvalue weighted by Crippen LogP contribution is -2.52. The van der Waals surface area contributed by atoms with Crippen LogP contribution in [0.1, 0.15) is 26.2 Å². The molecule has 1 fully saturated rings. The molecule has 1 amide bonds. The summed E-state index contributed by atoms with van der Waals surface area (Å²) in [6.07, 6.45) is 2.97. The lowest BCUT2D eigenvalue weighted by molar-refractivity contribution is -0.126. The molecule has 3 heteroatoms. The van der Waals surface area contributed by atoms with Crippen LogP contribution in [0.5, 0.6) is 0 Å². The molecular formula is C8H16N2O. The third-order valence-electron chi connectivity index (χ3n) is 2.51. The third kappa shape index (κ3) is 1.38. The number of nitrogens with one attached hydrogen (secondary N) is 2. The quantitative estimate of drug-likeness (QED) is 0.602. The zero-order valence-corrected chi connectivity index (χ0v) is 7.24. The lowest BCUT2D eigenvalue weighted by Gasteiger charge is -2.25. The highest BCUT2D eigenvalue weighted by molar-refractivity contribution is 5.86. The molecule has 0 radical (unpaired) electrons. The van der Waals surface area contributed by atoms with Gasteiger partial charge in [0.05, 0.1) is 5.54 Å². The van der Waals surface area contributed by atoms with Crippen LogP contribution in [0.25, 0.3) is 0 Å². The summed E-state index contributed by atoms with van der Waals surface area (Å²) in [6, 6.07) is 0. The largest absolute Gasteiger partial charge is 0.358 e. The summed E-state index contributed by atoms with van der Waals surface area (Å²) in [5, 5.41) is 5.96. The second-order valence-electron chi connectivity index (χ2n) is 3.05. The van der Waals surface area contributed by atoms with Crippen molar-refractivity contribution < 1.29 is 4.79 Å². The van der Waals surface area contributed by atoms with E-state index in [-0.39, 0.29) is 11.4 Å². The number of amides is 1. The van der Waals surface area contributed by atoms with Crippen LogP contribution in [0.2, 0.25) is 0 Å². The lowest BCUT2D eigenvalue weighted by atomic mass is 9.93. The Morgan fingerprint density at radius 2 is 2.45 bits per heavy atom. The molecule has 2 N–H and O–H groups in total. The van der Waals surface area contributed by atoms with E-state index in [1.165, 1.54) is 0 Å². The first-order valence-electron chi connectivity index (χ1n) is 4.22. The maximum absolute atomic E-state index is 11.4. The van der Waals surface area contributed by atoms with E-state index in [0.717, 1.165) is 25.8 Å².